The van der Waals surface area contributed by atoms with Gasteiger partial charge in [0.25, 0.3) is 5.91 Å². The molecule has 0 radical (unpaired) electrons. The van der Waals surface area contributed by atoms with E-state index in [-0.39, 0.29) is 5.91 Å². The number of amides is 1. The van der Waals surface area contributed by atoms with Crippen LogP contribution < -0.4 is 24.4 Å². The van der Waals surface area contributed by atoms with Crippen LogP contribution >= 0.6 is 11.6 Å². The molecule has 0 unspecified atom stereocenters. The summed E-state index contributed by atoms with van der Waals surface area (Å²) in [6.45, 7) is 6.61. The Labute approximate surface area is 209 Å². The third-order valence-electron chi connectivity index (χ3n) is 4.77. The Morgan fingerprint density at radius 3 is 2.51 bits per heavy atom. The van der Waals surface area contributed by atoms with Crippen LogP contribution in [0, 0.1) is 0 Å². The van der Waals surface area contributed by atoms with Crippen LogP contribution in [0.3, 0.4) is 0 Å². The summed E-state index contributed by atoms with van der Waals surface area (Å²) in [7, 11) is 1.51. The Morgan fingerprint density at radius 1 is 1.00 bits per heavy atom. The average Bonchev–Trinajstić information content (AvgIpc) is 2.87. The van der Waals surface area contributed by atoms with Crippen molar-refractivity contribution in [2.24, 2.45) is 5.10 Å². The molecular formula is C27H27ClN2O5. The van der Waals surface area contributed by atoms with Gasteiger partial charge in [-0.1, -0.05) is 42.5 Å². The Balaban J connectivity index is 1.66. The summed E-state index contributed by atoms with van der Waals surface area (Å²) in [4.78, 5) is 12.5. The molecule has 0 bridgehead atoms. The molecule has 3 aromatic carbocycles. The molecule has 0 atom stereocenters. The van der Waals surface area contributed by atoms with Gasteiger partial charge in [-0.2, -0.15) is 5.10 Å². The van der Waals surface area contributed by atoms with E-state index in [1.54, 1.807) is 36.4 Å². The van der Waals surface area contributed by atoms with Gasteiger partial charge in [0.15, 0.2) is 23.0 Å². The number of benzene rings is 3. The highest BCUT2D eigenvalue weighted by atomic mass is 35.5. The zero-order valence-corrected chi connectivity index (χ0v) is 20.4. The van der Waals surface area contributed by atoms with E-state index in [4.69, 9.17) is 30.5 Å². The van der Waals surface area contributed by atoms with E-state index >= 15 is 0 Å². The standard InChI is InChI=1S/C27H27ClN2O5/c1-4-14-34-23-13-11-20(16-25(23)32-3)27(31)30-29-17-19-10-12-24(26(15-19)33-5-2)35-18-21-8-6-7-9-22(21)28/h4,6-13,15-17H,1,5,14,18H2,2-3H3,(H,30,31)/b29-17+. The predicted molar refractivity (Wildman–Crippen MR) is 137 cm³/mol. The molecule has 0 aliphatic rings. The molecule has 0 aromatic heterocycles. The number of nitrogens with one attached hydrogen (secondary N) is 1. The first kappa shape index (κ1) is 25.6. The second kappa shape index (κ2) is 13.1. The molecule has 7 nitrogen and oxygen atoms in total. The Kier molecular flexibility index (Phi) is 9.57. The zero-order chi connectivity index (χ0) is 25.0. The van der Waals surface area contributed by atoms with Crippen molar-refractivity contribution in [3.05, 3.63) is 95.0 Å². The van der Waals surface area contributed by atoms with Gasteiger partial charge in [-0.25, -0.2) is 5.43 Å². The Morgan fingerprint density at radius 2 is 1.77 bits per heavy atom. The monoisotopic (exact) mass is 494 g/mol. The molecule has 0 aliphatic carbocycles. The van der Waals surface area contributed by atoms with Crippen LogP contribution in [0.4, 0.5) is 0 Å². The lowest BCUT2D eigenvalue weighted by Crippen LogP contribution is -2.17. The molecule has 182 valence electrons. The second-order valence-electron chi connectivity index (χ2n) is 7.18. The number of carbonyl (C=O) groups excluding carboxylic acids is 1. The lowest BCUT2D eigenvalue weighted by Gasteiger charge is -2.13. The first-order valence-corrected chi connectivity index (χ1v) is 11.3. The summed E-state index contributed by atoms with van der Waals surface area (Å²) in [6.07, 6.45) is 3.15. The molecule has 0 spiro atoms. The minimum atomic E-state index is -0.389. The van der Waals surface area contributed by atoms with Crippen LogP contribution in [0.2, 0.25) is 5.02 Å². The van der Waals surface area contributed by atoms with Crippen LogP contribution in [-0.2, 0) is 6.61 Å². The van der Waals surface area contributed by atoms with Gasteiger partial charge < -0.3 is 18.9 Å². The first-order valence-electron chi connectivity index (χ1n) is 10.9. The molecule has 3 rings (SSSR count). The molecule has 0 fully saturated rings. The van der Waals surface area contributed by atoms with Crippen molar-refractivity contribution in [1.82, 2.24) is 5.43 Å². The highest BCUT2D eigenvalue weighted by Gasteiger charge is 2.11. The van der Waals surface area contributed by atoms with E-state index in [2.05, 4.69) is 17.1 Å². The fraction of sp³-hybridized carbons (Fsp3) is 0.185. The van der Waals surface area contributed by atoms with Crippen LogP contribution in [-0.4, -0.2) is 32.4 Å². The number of rotatable bonds is 12. The maximum atomic E-state index is 12.5. The van der Waals surface area contributed by atoms with Gasteiger partial charge in [0.05, 0.1) is 19.9 Å². The molecular weight excluding hydrogens is 468 g/mol. The fourth-order valence-electron chi connectivity index (χ4n) is 3.07. The molecule has 0 heterocycles. The predicted octanol–water partition coefficient (Wildman–Crippen LogP) is 5.66. The molecule has 1 N–H and O–H groups in total. The number of nitrogens with zero attached hydrogens (tertiary/aromatic N) is 1. The summed E-state index contributed by atoms with van der Waals surface area (Å²) in [6, 6.07) is 17.8. The van der Waals surface area contributed by atoms with Gasteiger partial charge in [0.1, 0.15) is 13.2 Å². The molecule has 0 saturated heterocycles. The van der Waals surface area contributed by atoms with Crippen molar-refractivity contribution in [3.63, 3.8) is 0 Å². The van der Waals surface area contributed by atoms with E-state index in [1.807, 2.05) is 37.3 Å². The number of halogens is 1. The summed E-state index contributed by atoms with van der Waals surface area (Å²) < 4.78 is 22.4. The minimum Gasteiger partial charge on any atom is -0.493 e. The minimum absolute atomic E-state index is 0.310. The lowest BCUT2D eigenvalue weighted by molar-refractivity contribution is 0.0954. The quantitative estimate of drug-likeness (QED) is 0.200. The van der Waals surface area contributed by atoms with Crippen molar-refractivity contribution in [3.8, 4) is 23.0 Å². The van der Waals surface area contributed by atoms with E-state index in [0.29, 0.717) is 53.4 Å². The fourth-order valence-corrected chi connectivity index (χ4v) is 3.26. The average molecular weight is 495 g/mol. The van der Waals surface area contributed by atoms with E-state index in [0.717, 1.165) is 11.1 Å². The highest BCUT2D eigenvalue weighted by Crippen LogP contribution is 2.30. The number of hydrazone groups is 1. The van der Waals surface area contributed by atoms with E-state index in [1.165, 1.54) is 13.3 Å². The number of ether oxygens (including phenoxy) is 4. The smallest absolute Gasteiger partial charge is 0.271 e. The van der Waals surface area contributed by atoms with Gasteiger partial charge >= 0.3 is 0 Å². The normalized spacial score (nSPS) is 10.6. The van der Waals surface area contributed by atoms with Gasteiger partial charge in [-0.3, -0.25) is 4.79 Å². The maximum absolute atomic E-state index is 12.5. The van der Waals surface area contributed by atoms with Crippen molar-refractivity contribution in [2.75, 3.05) is 20.3 Å². The van der Waals surface area contributed by atoms with Gasteiger partial charge in [0.2, 0.25) is 0 Å². The SMILES string of the molecule is C=CCOc1ccc(C(=O)N/N=C/c2ccc(OCc3ccccc3Cl)c(OCC)c2)cc1OC. The second-order valence-corrected chi connectivity index (χ2v) is 7.59. The molecule has 35 heavy (non-hydrogen) atoms. The highest BCUT2D eigenvalue weighted by molar-refractivity contribution is 6.31. The number of hydrogen-bond acceptors (Lipinski definition) is 6. The van der Waals surface area contributed by atoms with Crippen LogP contribution in [0.25, 0.3) is 0 Å². The largest absolute Gasteiger partial charge is 0.493 e. The van der Waals surface area contributed by atoms with E-state index in [9.17, 15) is 4.79 Å². The van der Waals surface area contributed by atoms with Gasteiger partial charge in [0, 0.05) is 16.1 Å². The van der Waals surface area contributed by atoms with Crippen molar-refractivity contribution >= 4 is 23.7 Å². The first-order chi connectivity index (χ1) is 17.0. The van der Waals surface area contributed by atoms with E-state index < -0.39 is 0 Å². The maximum Gasteiger partial charge on any atom is 0.271 e. The molecule has 8 heteroatoms. The summed E-state index contributed by atoms with van der Waals surface area (Å²) in [5.74, 6) is 1.72. The molecule has 1 amide bonds. The van der Waals surface area contributed by atoms with Crippen molar-refractivity contribution in [1.29, 1.82) is 0 Å². The lowest BCUT2D eigenvalue weighted by atomic mass is 10.2. The van der Waals surface area contributed by atoms with Crippen molar-refractivity contribution in [2.45, 2.75) is 13.5 Å². The number of hydrogen-bond donors (Lipinski definition) is 1. The number of methoxy groups -OCH3 is 1. The Hall–Kier alpha value is -3.97. The summed E-state index contributed by atoms with van der Waals surface area (Å²) >= 11 is 6.21. The Bertz CT molecular complexity index is 1200. The topological polar surface area (TPSA) is 78.4 Å². The summed E-state index contributed by atoms with van der Waals surface area (Å²) in [5, 5.41) is 4.70. The molecule has 3 aromatic rings. The molecule has 0 aliphatic heterocycles. The van der Waals surface area contributed by atoms with Gasteiger partial charge in [-0.05, 0) is 55.0 Å². The third-order valence-corrected chi connectivity index (χ3v) is 5.14. The van der Waals surface area contributed by atoms with Crippen LogP contribution in [0.1, 0.15) is 28.4 Å². The summed E-state index contributed by atoms with van der Waals surface area (Å²) in [5.41, 5.74) is 4.49. The van der Waals surface area contributed by atoms with Crippen molar-refractivity contribution < 1.29 is 23.7 Å². The number of carbonyl (C=O) groups is 1. The molecule has 0 saturated carbocycles. The zero-order valence-electron chi connectivity index (χ0n) is 19.6. The van der Waals surface area contributed by atoms with Gasteiger partial charge in [-0.15, -0.1) is 0 Å². The van der Waals surface area contributed by atoms with Crippen LogP contribution in [0.15, 0.2) is 78.4 Å². The third kappa shape index (κ3) is 7.25. The van der Waals surface area contributed by atoms with Crippen LogP contribution in [0.5, 0.6) is 23.0 Å².